The van der Waals surface area contributed by atoms with Crippen LogP contribution in [0.5, 0.6) is 5.75 Å². The number of rotatable bonds is 6. The van der Waals surface area contributed by atoms with Crippen molar-refractivity contribution in [2.45, 2.75) is 18.5 Å². The van der Waals surface area contributed by atoms with Crippen molar-refractivity contribution in [2.24, 2.45) is 0 Å². The first-order valence-electron chi connectivity index (χ1n) is 8.54. The molecule has 0 saturated carbocycles. The highest BCUT2D eigenvalue weighted by atomic mass is 35.5. The van der Waals surface area contributed by atoms with Crippen molar-refractivity contribution in [1.29, 1.82) is 0 Å². The number of hydrogen-bond donors (Lipinski definition) is 2. The molecule has 1 aliphatic heterocycles. The Labute approximate surface area is 163 Å². The van der Waals surface area contributed by atoms with Gasteiger partial charge in [0.15, 0.2) is 9.84 Å². The van der Waals surface area contributed by atoms with Crippen LogP contribution in [0.15, 0.2) is 48.5 Å². The highest BCUT2D eigenvalue weighted by Crippen LogP contribution is 2.28. The average molecular weight is 409 g/mol. The van der Waals surface area contributed by atoms with Crippen molar-refractivity contribution < 1.29 is 17.9 Å². The average Bonchev–Trinajstić information content (AvgIpc) is 2.99. The van der Waals surface area contributed by atoms with Gasteiger partial charge in [0, 0.05) is 11.7 Å². The number of methoxy groups -OCH3 is 1. The Morgan fingerprint density at radius 2 is 1.96 bits per heavy atom. The van der Waals surface area contributed by atoms with Crippen LogP contribution in [0.3, 0.4) is 0 Å². The van der Waals surface area contributed by atoms with Gasteiger partial charge >= 0.3 is 0 Å². The monoisotopic (exact) mass is 408 g/mol. The minimum absolute atomic E-state index is 0.0397. The molecule has 8 heteroatoms. The third-order valence-corrected chi connectivity index (χ3v) is 6.51. The van der Waals surface area contributed by atoms with Gasteiger partial charge in [0.1, 0.15) is 11.8 Å². The van der Waals surface area contributed by atoms with Gasteiger partial charge in [0.05, 0.1) is 23.6 Å². The lowest BCUT2D eigenvalue weighted by molar-refractivity contribution is -0.118. The van der Waals surface area contributed by atoms with E-state index < -0.39 is 15.9 Å². The number of carbonyl (C=O) groups is 1. The van der Waals surface area contributed by atoms with Crippen LogP contribution >= 0.6 is 11.6 Å². The topological polar surface area (TPSA) is 84.5 Å². The van der Waals surface area contributed by atoms with E-state index in [1.165, 1.54) is 7.11 Å². The summed E-state index contributed by atoms with van der Waals surface area (Å²) in [4.78, 5) is 12.9. The molecule has 2 atom stereocenters. The van der Waals surface area contributed by atoms with Crippen molar-refractivity contribution in [3.05, 3.63) is 59.1 Å². The van der Waals surface area contributed by atoms with Crippen LogP contribution < -0.4 is 15.4 Å². The predicted octanol–water partition coefficient (Wildman–Crippen LogP) is 2.81. The van der Waals surface area contributed by atoms with Gasteiger partial charge in [-0.1, -0.05) is 41.9 Å². The molecule has 2 aromatic rings. The molecule has 3 rings (SSSR count). The first-order chi connectivity index (χ1) is 12.9. The Morgan fingerprint density at radius 1 is 1.22 bits per heavy atom. The first kappa shape index (κ1) is 19.7. The highest BCUT2D eigenvalue weighted by Gasteiger charge is 2.32. The van der Waals surface area contributed by atoms with Crippen LogP contribution in [0.1, 0.15) is 18.0 Å². The van der Waals surface area contributed by atoms with Gasteiger partial charge in [-0.2, -0.15) is 0 Å². The second-order valence-corrected chi connectivity index (χ2v) is 9.08. The standard InChI is InChI=1S/C19H21ClN2O4S/c1-26-17-8-7-14(11-16(17)20)22-19(23)18(13-5-3-2-4-6-13)21-15-9-10-27(24,25)12-15/h2-8,11,15,18,21H,9-10,12H2,1H3,(H,22,23)/t15-,18+/m1/s1. The van der Waals surface area contributed by atoms with E-state index in [-0.39, 0.29) is 23.5 Å². The number of sulfone groups is 1. The molecule has 1 fully saturated rings. The molecule has 1 amide bonds. The van der Waals surface area contributed by atoms with Crippen molar-refractivity contribution in [3.8, 4) is 5.75 Å². The molecule has 0 spiro atoms. The molecule has 144 valence electrons. The Bertz CT molecular complexity index is 919. The summed E-state index contributed by atoms with van der Waals surface area (Å²) in [6.45, 7) is 0. The summed E-state index contributed by atoms with van der Waals surface area (Å²) >= 11 is 6.12. The molecule has 0 bridgehead atoms. The molecule has 0 aromatic heterocycles. The lowest BCUT2D eigenvalue weighted by Crippen LogP contribution is -2.40. The Hall–Kier alpha value is -2.09. The van der Waals surface area contributed by atoms with E-state index in [0.717, 1.165) is 5.56 Å². The second kappa shape index (κ2) is 8.29. The van der Waals surface area contributed by atoms with Crippen molar-refractivity contribution in [3.63, 3.8) is 0 Å². The number of nitrogens with one attached hydrogen (secondary N) is 2. The molecule has 6 nitrogen and oxygen atoms in total. The van der Waals surface area contributed by atoms with E-state index in [2.05, 4.69) is 10.6 Å². The van der Waals surface area contributed by atoms with Crippen LogP contribution in [0.2, 0.25) is 5.02 Å². The maximum absolute atomic E-state index is 12.9. The third-order valence-electron chi connectivity index (χ3n) is 4.45. The summed E-state index contributed by atoms with van der Waals surface area (Å²) in [5.74, 6) is 0.412. The minimum Gasteiger partial charge on any atom is -0.495 e. The van der Waals surface area contributed by atoms with E-state index in [4.69, 9.17) is 16.3 Å². The minimum atomic E-state index is -3.05. The normalized spacial score (nSPS) is 19.4. The smallest absolute Gasteiger partial charge is 0.246 e. The summed E-state index contributed by atoms with van der Waals surface area (Å²) in [5.41, 5.74) is 1.30. The van der Waals surface area contributed by atoms with Crippen LogP contribution in [0.4, 0.5) is 5.69 Å². The van der Waals surface area contributed by atoms with Gasteiger partial charge in [-0.25, -0.2) is 8.42 Å². The van der Waals surface area contributed by atoms with Crippen molar-refractivity contribution in [1.82, 2.24) is 5.32 Å². The van der Waals surface area contributed by atoms with Gasteiger partial charge in [-0.3, -0.25) is 10.1 Å². The van der Waals surface area contributed by atoms with Crippen molar-refractivity contribution in [2.75, 3.05) is 23.9 Å². The molecule has 1 heterocycles. The zero-order valence-electron chi connectivity index (χ0n) is 14.8. The molecule has 1 aliphatic rings. The molecule has 0 unspecified atom stereocenters. The molecule has 2 N–H and O–H groups in total. The van der Waals surface area contributed by atoms with E-state index in [0.29, 0.717) is 22.9 Å². The van der Waals surface area contributed by atoms with Gasteiger partial charge in [0.2, 0.25) is 5.91 Å². The van der Waals surface area contributed by atoms with Crippen LogP contribution in [-0.2, 0) is 14.6 Å². The van der Waals surface area contributed by atoms with E-state index in [1.807, 2.05) is 30.3 Å². The third kappa shape index (κ3) is 5.00. The fourth-order valence-corrected chi connectivity index (χ4v) is 5.03. The zero-order chi connectivity index (χ0) is 19.4. The Balaban J connectivity index is 1.79. The molecule has 0 aliphatic carbocycles. The van der Waals surface area contributed by atoms with Crippen LogP contribution in [0, 0.1) is 0 Å². The van der Waals surface area contributed by atoms with Gasteiger partial charge in [-0.15, -0.1) is 0 Å². The van der Waals surface area contributed by atoms with Gasteiger partial charge in [0.25, 0.3) is 0 Å². The number of benzene rings is 2. The molecule has 27 heavy (non-hydrogen) atoms. The SMILES string of the molecule is COc1ccc(NC(=O)[C@@H](N[C@@H]2CCS(=O)(=O)C2)c2ccccc2)cc1Cl. The predicted molar refractivity (Wildman–Crippen MR) is 106 cm³/mol. The largest absolute Gasteiger partial charge is 0.495 e. The summed E-state index contributed by atoms with van der Waals surface area (Å²) in [6.07, 6.45) is 0.493. The molecular weight excluding hydrogens is 388 g/mol. The summed E-state index contributed by atoms with van der Waals surface area (Å²) in [6, 6.07) is 13.3. The lowest BCUT2D eigenvalue weighted by atomic mass is 10.0. The maximum atomic E-state index is 12.9. The fraction of sp³-hybridized carbons (Fsp3) is 0.316. The van der Waals surface area contributed by atoms with Gasteiger partial charge < -0.3 is 10.1 Å². The maximum Gasteiger partial charge on any atom is 0.246 e. The highest BCUT2D eigenvalue weighted by molar-refractivity contribution is 7.91. The summed E-state index contributed by atoms with van der Waals surface area (Å²) in [5, 5.41) is 6.42. The number of anilines is 1. The summed E-state index contributed by atoms with van der Waals surface area (Å²) < 4.78 is 28.6. The quantitative estimate of drug-likeness (QED) is 0.767. The Morgan fingerprint density at radius 3 is 2.56 bits per heavy atom. The molecule has 0 radical (unpaired) electrons. The number of hydrogen-bond acceptors (Lipinski definition) is 5. The van der Waals surface area contributed by atoms with Gasteiger partial charge in [-0.05, 0) is 30.2 Å². The lowest BCUT2D eigenvalue weighted by Gasteiger charge is -2.22. The van der Waals surface area contributed by atoms with Crippen molar-refractivity contribution >= 4 is 33.0 Å². The molecule has 2 aromatic carbocycles. The number of halogens is 1. The fourth-order valence-electron chi connectivity index (χ4n) is 3.09. The summed E-state index contributed by atoms with van der Waals surface area (Å²) in [7, 11) is -1.53. The number of ether oxygens (including phenoxy) is 1. The second-order valence-electron chi connectivity index (χ2n) is 6.45. The van der Waals surface area contributed by atoms with E-state index >= 15 is 0 Å². The molecule has 1 saturated heterocycles. The number of amides is 1. The zero-order valence-corrected chi connectivity index (χ0v) is 16.4. The van der Waals surface area contributed by atoms with E-state index in [9.17, 15) is 13.2 Å². The number of carbonyl (C=O) groups excluding carboxylic acids is 1. The van der Waals surface area contributed by atoms with Crippen LogP contribution in [0.25, 0.3) is 0 Å². The van der Waals surface area contributed by atoms with E-state index in [1.54, 1.807) is 18.2 Å². The Kier molecular flexibility index (Phi) is 6.04. The first-order valence-corrected chi connectivity index (χ1v) is 10.7. The van der Waals surface area contributed by atoms with Crippen LogP contribution in [-0.4, -0.2) is 39.0 Å². The molecular formula is C19H21ClN2O4S.